The number of nitrogens with zero attached hydrogens (tertiary/aromatic N) is 3. The van der Waals surface area contributed by atoms with E-state index in [1.807, 2.05) is 32.9 Å². The maximum Gasteiger partial charge on any atom is 0.229 e. The van der Waals surface area contributed by atoms with E-state index in [4.69, 9.17) is 0 Å². The highest BCUT2D eigenvalue weighted by molar-refractivity contribution is 7.15. The van der Waals surface area contributed by atoms with Gasteiger partial charge < -0.3 is 10.3 Å². The molecule has 1 aliphatic rings. The van der Waals surface area contributed by atoms with Gasteiger partial charge in [-0.15, -0.1) is 10.2 Å². The van der Waals surface area contributed by atoms with Gasteiger partial charge in [0.1, 0.15) is 5.01 Å². The van der Waals surface area contributed by atoms with Crippen LogP contribution >= 0.6 is 11.3 Å². The monoisotopic (exact) mass is 397 g/mol. The van der Waals surface area contributed by atoms with Crippen molar-refractivity contribution in [2.75, 3.05) is 11.4 Å². The van der Waals surface area contributed by atoms with Gasteiger partial charge in [-0.05, 0) is 36.1 Å². The first-order valence-corrected chi connectivity index (χ1v) is 10.2. The zero-order valence-electron chi connectivity index (χ0n) is 16.2. The van der Waals surface area contributed by atoms with Crippen molar-refractivity contribution in [3.63, 3.8) is 0 Å². The molecule has 2 amide bonds. The predicted molar refractivity (Wildman–Crippen MR) is 109 cm³/mol. The molecule has 8 heteroatoms. The van der Waals surface area contributed by atoms with Gasteiger partial charge in [0, 0.05) is 36.6 Å². The Kier molecular flexibility index (Phi) is 4.89. The van der Waals surface area contributed by atoms with Crippen molar-refractivity contribution in [2.45, 2.75) is 39.7 Å². The number of rotatable bonds is 5. The van der Waals surface area contributed by atoms with E-state index >= 15 is 0 Å². The summed E-state index contributed by atoms with van der Waals surface area (Å²) in [5.74, 6) is -0.271. The largest absolute Gasteiger partial charge is 0.359 e. The lowest BCUT2D eigenvalue weighted by atomic mass is 10.1. The average molecular weight is 398 g/mol. The molecule has 28 heavy (non-hydrogen) atoms. The fourth-order valence-electron chi connectivity index (χ4n) is 3.41. The van der Waals surface area contributed by atoms with Gasteiger partial charge in [0.05, 0.1) is 5.92 Å². The Bertz CT molecular complexity index is 1040. The molecule has 2 aromatic heterocycles. The van der Waals surface area contributed by atoms with Crippen LogP contribution in [0.4, 0.5) is 5.13 Å². The standard InChI is InChI=1S/C20H23N5O2S/c1-11(2)19-23-24-20(28-19)25-10-15(8-17(25)26)18(27)21-9-13-4-5-16-14(7-13)6-12(3)22-16/h4-7,11,15,22H,8-10H2,1-3H3,(H,21,27). The number of H-pyrrole nitrogens is 1. The topological polar surface area (TPSA) is 91.0 Å². The van der Waals surface area contributed by atoms with Gasteiger partial charge in [-0.3, -0.25) is 14.5 Å². The minimum absolute atomic E-state index is 0.0733. The summed E-state index contributed by atoms with van der Waals surface area (Å²) in [5.41, 5.74) is 3.23. The second-order valence-corrected chi connectivity index (χ2v) is 8.56. The summed E-state index contributed by atoms with van der Waals surface area (Å²) in [6.45, 7) is 6.90. The first-order valence-electron chi connectivity index (χ1n) is 9.40. The molecule has 1 aromatic carbocycles. The third kappa shape index (κ3) is 3.64. The van der Waals surface area contributed by atoms with Gasteiger partial charge in [0.2, 0.25) is 16.9 Å². The third-order valence-corrected chi connectivity index (χ3v) is 6.18. The van der Waals surface area contributed by atoms with Crippen LogP contribution in [0.5, 0.6) is 0 Å². The smallest absolute Gasteiger partial charge is 0.229 e. The number of aromatic nitrogens is 3. The maximum absolute atomic E-state index is 12.6. The van der Waals surface area contributed by atoms with Gasteiger partial charge in [0.15, 0.2) is 0 Å². The summed E-state index contributed by atoms with van der Waals surface area (Å²) in [4.78, 5) is 29.8. The molecule has 1 aliphatic heterocycles. The van der Waals surface area contributed by atoms with Gasteiger partial charge in [-0.2, -0.15) is 0 Å². The number of carbonyl (C=O) groups is 2. The molecule has 1 saturated heterocycles. The van der Waals surface area contributed by atoms with Gasteiger partial charge >= 0.3 is 0 Å². The molecule has 2 N–H and O–H groups in total. The molecule has 4 rings (SSSR count). The quantitative estimate of drug-likeness (QED) is 0.692. The number of hydrogen-bond donors (Lipinski definition) is 2. The lowest BCUT2D eigenvalue weighted by Crippen LogP contribution is -2.32. The van der Waals surface area contributed by atoms with Crippen molar-refractivity contribution in [3.8, 4) is 0 Å². The van der Waals surface area contributed by atoms with E-state index in [0.717, 1.165) is 27.2 Å². The van der Waals surface area contributed by atoms with E-state index in [2.05, 4.69) is 32.6 Å². The zero-order chi connectivity index (χ0) is 19.8. The van der Waals surface area contributed by atoms with E-state index in [1.165, 1.54) is 11.3 Å². The summed E-state index contributed by atoms with van der Waals surface area (Å²) in [5, 5.41) is 13.8. The Morgan fingerprint density at radius 1 is 1.36 bits per heavy atom. The predicted octanol–water partition coefficient (Wildman–Crippen LogP) is 3.12. The summed E-state index contributed by atoms with van der Waals surface area (Å²) in [6.07, 6.45) is 0.207. The van der Waals surface area contributed by atoms with E-state index in [0.29, 0.717) is 18.2 Å². The second kappa shape index (κ2) is 7.35. The molecular weight excluding hydrogens is 374 g/mol. The second-order valence-electron chi connectivity index (χ2n) is 7.57. The van der Waals surface area contributed by atoms with Crippen molar-refractivity contribution < 1.29 is 9.59 Å². The number of anilines is 1. The van der Waals surface area contributed by atoms with Gasteiger partial charge in [-0.1, -0.05) is 31.3 Å². The summed E-state index contributed by atoms with van der Waals surface area (Å²) >= 11 is 1.42. The van der Waals surface area contributed by atoms with Gasteiger partial charge in [0.25, 0.3) is 0 Å². The van der Waals surface area contributed by atoms with E-state index in [9.17, 15) is 9.59 Å². The van der Waals surface area contributed by atoms with E-state index in [-0.39, 0.29) is 30.1 Å². The van der Waals surface area contributed by atoms with Crippen LogP contribution in [0.3, 0.4) is 0 Å². The fraction of sp³-hybridized carbons (Fsp3) is 0.400. The molecule has 1 unspecified atom stereocenters. The number of hydrogen-bond acceptors (Lipinski definition) is 5. The molecule has 1 fully saturated rings. The third-order valence-electron chi connectivity index (χ3n) is 4.94. The number of fused-ring (bicyclic) bond motifs is 1. The molecule has 0 radical (unpaired) electrons. The Morgan fingerprint density at radius 3 is 2.93 bits per heavy atom. The first-order chi connectivity index (χ1) is 13.4. The molecule has 7 nitrogen and oxygen atoms in total. The van der Waals surface area contributed by atoms with Crippen LogP contribution in [0.1, 0.15) is 42.5 Å². The first kappa shape index (κ1) is 18.6. The maximum atomic E-state index is 12.6. The number of benzene rings is 1. The van der Waals surface area contributed by atoms with Crippen molar-refractivity contribution in [3.05, 3.63) is 40.5 Å². The Morgan fingerprint density at radius 2 is 2.18 bits per heavy atom. The van der Waals surface area contributed by atoms with Crippen LogP contribution in [0.25, 0.3) is 10.9 Å². The van der Waals surface area contributed by atoms with E-state index in [1.54, 1.807) is 4.90 Å². The summed E-state index contributed by atoms with van der Waals surface area (Å²) in [6, 6.07) is 8.17. The minimum Gasteiger partial charge on any atom is -0.359 e. The molecule has 0 spiro atoms. The summed E-state index contributed by atoms with van der Waals surface area (Å²) in [7, 11) is 0. The van der Waals surface area contributed by atoms with Crippen molar-refractivity contribution >= 4 is 39.2 Å². The Labute approximate surface area is 167 Å². The van der Waals surface area contributed by atoms with E-state index < -0.39 is 0 Å². The number of amides is 2. The van der Waals surface area contributed by atoms with Crippen LogP contribution in [-0.2, 0) is 16.1 Å². The van der Waals surface area contributed by atoms with Crippen LogP contribution in [0, 0.1) is 12.8 Å². The van der Waals surface area contributed by atoms with Crippen molar-refractivity contribution in [1.29, 1.82) is 0 Å². The van der Waals surface area contributed by atoms with Crippen LogP contribution in [0.15, 0.2) is 24.3 Å². The fourth-order valence-corrected chi connectivity index (χ4v) is 4.28. The normalized spacial score (nSPS) is 17.1. The molecule has 146 valence electrons. The average Bonchev–Trinajstić information content (AvgIpc) is 3.36. The molecule has 3 aromatic rings. The van der Waals surface area contributed by atoms with Crippen molar-refractivity contribution in [2.24, 2.45) is 5.92 Å². The molecule has 1 atom stereocenters. The highest BCUT2D eigenvalue weighted by Crippen LogP contribution is 2.30. The Hall–Kier alpha value is -2.74. The van der Waals surface area contributed by atoms with Crippen LogP contribution in [0.2, 0.25) is 0 Å². The van der Waals surface area contributed by atoms with Crippen LogP contribution < -0.4 is 10.2 Å². The number of aromatic amines is 1. The minimum atomic E-state index is -0.364. The zero-order valence-corrected chi connectivity index (χ0v) is 17.0. The number of aryl methyl sites for hydroxylation is 1. The summed E-state index contributed by atoms with van der Waals surface area (Å²) < 4.78 is 0. The number of carbonyl (C=O) groups excluding carboxylic acids is 2. The molecule has 0 bridgehead atoms. The molecule has 3 heterocycles. The van der Waals surface area contributed by atoms with Crippen molar-refractivity contribution in [1.82, 2.24) is 20.5 Å². The SMILES string of the molecule is Cc1cc2cc(CNC(=O)C3CC(=O)N(c4nnc(C(C)C)s4)C3)ccc2[nH]1. The lowest BCUT2D eigenvalue weighted by molar-refractivity contribution is -0.126. The number of nitrogens with one attached hydrogen (secondary N) is 2. The van der Waals surface area contributed by atoms with Crippen LogP contribution in [-0.4, -0.2) is 33.5 Å². The Balaban J connectivity index is 1.38. The highest BCUT2D eigenvalue weighted by atomic mass is 32.1. The van der Waals surface area contributed by atoms with Gasteiger partial charge in [-0.25, -0.2) is 0 Å². The molecule has 0 aliphatic carbocycles. The highest BCUT2D eigenvalue weighted by Gasteiger charge is 2.36. The molecular formula is C20H23N5O2S. The lowest BCUT2D eigenvalue weighted by Gasteiger charge is -2.13. The molecule has 0 saturated carbocycles.